The van der Waals surface area contributed by atoms with Gasteiger partial charge in [0.25, 0.3) is 0 Å². The Hall–Kier alpha value is -2.29. The standard InChI is InChI=1S/C22H28ClN3O5/c23-18-14-17(15-19-22(18)31-11-1-10-30-19)2-3-20(27)25-6-4-24(5-7-25)16-21(28)26-8-12-29-13-9-26/h2-3,14-15H,1,4-13,16H2. The van der Waals surface area contributed by atoms with E-state index in [-0.39, 0.29) is 11.8 Å². The highest BCUT2D eigenvalue weighted by molar-refractivity contribution is 6.32. The largest absolute Gasteiger partial charge is 0.489 e. The Kier molecular flexibility index (Phi) is 7.32. The van der Waals surface area contributed by atoms with Gasteiger partial charge in [0.15, 0.2) is 11.5 Å². The molecular formula is C22H28ClN3O5. The number of amides is 2. The van der Waals surface area contributed by atoms with Gasteiger partial charge in [0, 0.05) is 51.8 Å². The topological polar surface area (TPSA) is 71.6 Å². The van der Waals surface area contributed by atoms with Crippen LogP contribution in [0.25, 0.3) is 6.08 Å². The van der Waals surface area contributed by atoms with Crippen LogP contribution in [0.2, 0.25) is 5.02 Å². The first-order valence-electron chi connectivity index (χ1n) is 10.7. The summed E-state index contributed by atoms with van der Waals surface area (Å²) in [5.74, 6) is 1.25. The average molecular weight is 450 g/mol. The minimum Gasteiger partial charge on any atom is -0.489 e. The lowest BCUT2D eigenvalue weighted by atomic mass is 10.1. The molecule has 0 atom stereocenters. The quantitative estimate of drug-likeness (QED) is 0.649. The number of hydrogen-bond acceptors (Lipinski definition) is 6. The molecule has 2 fully saturated rings. The molecule has 0 unspecified atom stereocenters. The fourth-order valence-electron chi connectivity index (χ4n) is 3.85. The maximum absolute atomic E-state index is 12.6. The maximum atomic E-state index is 12.6. The zero-order chi connectivity index (χ0) is 21.6. The zero-order valence-corrected chi connectivity index (χ0v) is 18.3. The van der Waals surface area contributed by atoms with E-state index in [1.165, 1.54) is 0 Å². The second-order valence-electron chi connectivity index (χ2n) is 7.81. The molecule has 1 aromatic rings. The molecule has 3 aliphatic rings. The predicted molar refractivity (Wildman–Crippen MR) is 117 cm³/mol. The smallest absolute Gasteiger partial charge is 0.246 e. The van der Waals surface area contributed by atoms with Crippen LogP contribution in [0.1, 0.15) is 12.0 Å². The number of morpholine rings is 1. The van der Waals surface area contributed by atoms with E-state index in [0.717, 1.165) is 12.0 Å². The molecule has 1 aromatic carbocycles. The normalized spacial score (nSPS) is 20.0. The van der Waals surface area contributed by atoms with Gasteiger partial charge in [-0.2, -0.15) is 0 Å². The first-order valence-corrected chi connectivity index (χ1v) is 11.1. The number of benzene rings is 1. The Morgan fingerprint density at radius 3 is 2.45 bits per heavy atom. The Balaban J connectivity index is 1.28. The molecule has 0 saturated carbocycles. The fourth-order valence-corrected chi connectivity index (χ4v) is 4.12. The zero-order valence-electron chi connectivity index (χ0n) is 17.6. The summed E-state index contributed by atoms with van der Waals surface area (Å²) >= 11 is 6.32. The Bertz CT molecular complexity index is 833. The molecule has 168 valence electrons. The molecule has 0 bridgehead atoms. The van der Waals surface area contributed by atoms with Gasteiger partial charge in [0.05, 0.1) is 38.0 Å². The molecule has 8 nitrogen and oxygen atoms in total. The number of nitrogens with zero attached hydrogens (tertiary/aromatic N) is 3. The Morgan fingerprint density at radius 1 is 0.935 bits per heavy atom. The van der Waals surface area contributed by atoms with Gasteiger partial charge in [-0.15, -0.1) is 0 Å². The van der Waals surface area contributed by atoms with Gasteiger partial charge in [-0.05, 0) is 23.8 Å². The highest BCUT2D eigenvalue weighted by Gasteiger charge is 2.24. The van der Waals surface area contributed by atoms with E-state index < -0.39 is 0 Å². The highest BCUT2D eigenvalue weighted by Crippen LogP contribution is 2.38. The van der Waals surface area contributed by atoms with Crippen LogP contribution in [0.5, 0.6) is 11.5 Å². The summed E-state index contributed by atoms with van der Waals surface area (Å²) < 4.78 is 16.6. The van der Waals surface area contributed by atoms with Gasteiger partial charge in [0.1, 0.15) is 0 Å². The molecule has 2 saturated heterocycles. The number of piperazine rings is 1. The van der Waals surface area contributed by atoms with Gasteiger partial charge in [-0.3, -0.25) is 14.5 Å². The van der Waals surface area contributed by atoms with Crippen molar-refractivity contribution in [2.45, 2.75) is 6.42 Å². The molecule has 0 aromatic heterocycles. The van der Waals surface area contributed by atoms with Crippen LogP contribution >= 0.6 is 11.6 Å². The lowest BCUT2D eigenvalue weighted by Gasteiger charge is -2.35. The number of fused-ring (bicyclic) bond motifs is 1. The summed E-state index contributed by atoms with van der Waals surface area (Å²) in [6.45, 7) is 6.65. The Morgan fingerprint density at radius 2 is 1.68 bits per heavy atom. The van der Waals surface area contributed by atoms with Crippen molar-refractivity contribution in [1.29, 1.82) is 0 Å². The van der Waals surface area contributed by atoms with E-state index in [0.29, 0.717) is 88.8 Å². The van der Waals surface area contributed by atoms with Crippen molar-refractivity contribution in [1.82, 2.24) is 14.7 Å². The second-order valence-corrected chi connectivity index (χ2v) is 8.22. The lowest BCUT2D eigenvalue weighted by Crippen LogP contribution is -2.52. The molecule has 31 heavy (non-hydrogen) atoms. The van der Waals surface area contributed by atoms with Crippen molar-refractivity contribution < 1.29 is 23.8 Å². The van der Waals surface area contributed by atoms with E-state index in [4.69, 9.17) is 25.8 Å². The molecule has 0 aliphatic carbocycles. The lowest BCUT2D eigenvalue weighted by molar-refractivity contribution is -0.137. The average Bonchev–Trinajstić information content (AvgIpc) is 3.04. The monoisotopic (exact) mass is 449 g/mol. The third-order valence-electron chi connectivity index (χ3n) is 5.65. The van der Waals surface area contributed by atoms with E-state index in [1.807, 2.05) is 11.0 Å². The first-order chi connectivity index (χ1) is 15.1. The van der Waals surface area contributed by atoms with Gasteiger partial charge >= 0.3 is 0 Å². The third-order valence-corrected chi connectivity index (χ3v) is 5.93. The van der Waals surface area contributed by atoms with Crippen LogP contribution in [0.15, 0.2) is 18.2 Å². The summed E-state index contributed by atoms with van der Waals surface area (Å²) in [4.78, 5) is 30.8. The second kappa shape index (κ2) is 10.3. The van der Waals surface area contributed by atoms with Crippen molar-refractivity contribution >= 4 is 29.5 Å². The summed E-state index contributed by atoms with van der Waals surface area (Å²) in [5, 5.41) is 0.477. The molecule has 0 spiro atoms. The molecule has 0 radical (unpaired) electrons. The van der Waals surface area contributed by atoms with Crippen molar-refractivity contribution in [3.63, 3.8) is 0 Å². The van der Waals surface area contributed by atoms with Crippen LogP contribution in [0, 0.1) is 0 Å². The number of ether oxygens (including phenoxy) is 3. The van der Waals surface area contributed by atoms with Crippen molar-refractivity contribution in [2.24, 2.45) is 0 Å². The number of carbonyl (C=O) groups is 2. The number of hydrogen-bond donors (Lipinski definition) is 0. The van der Waals surface area contributed by atoms with E-state index >= 15 is 0 Å². The minimum absolute atomic E-state index is 0.0533. The molecule has 4 rings (SSSR count). The van der Waals surface area contributed by atoms with Gasteiger partial charge in [-0.1, -0.05) is 11.6 Å². The summed E-state index contributed by atoms with van der Waals surface area (Å²) in [5.41, 5.74) is 0.789. The van der Waals surface area contributed by atoms with E-state index in [1.54, 1.807) is 23.1 Å². The predicted octanol–water partition coefficient (Wildman–Crippen LogP) is 1.52. The molecule has 0 N–H and O–H groups in total. The summed E-state index contributed by atoms with van der Waals surface area (Å²) in [6.07, 6.45) is 4.11. The van der Waals surface area contributed by atoms with Crippen LogP contribution in [0.4, 0.5) is 0 Å². The van der Waals surface area contributed by atoms with Crippen LogP contribution in [-0.2, 0) is 14.3 Å². The fraction of sp³-hybridized carbons (Fsp3) is 0.545. The van der Waals surface area contributed by atoms with Gasteiger partial charge in [-0.25, -0.2) is 0 Å². The van der Waals surface area contributed by atoms with Crippen LogP contribution in [0.3, 0.4) is 0 Å². The van der Waals surface area contributed by atoms with E-state index in [9.17, 15) is 9.59 Å². The number of halogens is 1. The maximum Gasteiger partial charge on any atom is 0.246 e. The summed E-state index contributed by atoms with van der Waals surface area (Å²) in [7, 11) is 0. The molecule has 3 heterocycles. The van der Waals surface area contributed by atoms with Crippen molar-refractivity contribution in [3.05, 3.63) is 28.8 Å². The number of rotatable bonds is 4. The SMILES string of the molecule is O=C(C=Cc1cc(Cl)c2c(c1)OCCCO2)N1CCN(CC(=O)N2CCOCC2)CC1. The van der Waals surface area contributed by atoms with Gasteiger partial charge in [0.2, 0.25) is 11.8 Å². The van der Waals surface area contributed by atoms with Crippen molar-refractivity contribution in [3.8, 4) is 11.5 Å². The van der Waals surface area contributed by atoms with Gasteiger partial charge < -0.3 is 24.0 Å². The summed E-state index contributed by atoms with van der Waals surface area (Å²) in [6, 6.07) is 3.61. The van der Waals surface area contributed by atoms with Crippen molar-refractivity contribution in [2.75, 3.05) is 72.2 Å². The molecule has 3 aliphatic heterocycles. The highest BCUT2D eigenvalue weighted by atomic mass is 35.5. The number of carbonyl (C=O) groups excluding carboxylic acids is 2. The third kappa shape index (κ3) is 5.70. The first kappa shape index (κ1) is 21.9. The molecular weight excluding hydrogens is 422 g/mol. The van der Waals surface area contributed by atoms with Crippen LogP contribution < -0.4 is 9.47 Å². The minimum atomic E-state index is -0.0533. The van der Waals surface area contributed by atoms with Crippen LogP contribution in [-0.4, -0.2) is 98.8 Å². The molecule has 2 amide bonds. The Labute approximate surface area is 187 Å². The van der Waals surface area contributed by atoms with E-state index in [2.05, 4.69) is 4.90 Å². The molecule has 9 heteroatoms.